The second kappa shape index (κ2) is 6.17. The Morgan fingerprint density at radius 2 is 2.30 bits per heavy atom. The molecule has 0 aromatic carbocycles. The van der Waals surface area contributed by atoms with Gasteiger partial charge in [0.2, 0.25) is 0 Å². The minimum Gasteiger partial charge on any atom is -0.383 e. The molecule has 1 amide bonds. The van der Waals surface area contributed by atoms with Crippen molar-refractivity contribution < 1.29 is 9.53 Å². The highest BCUT2D eigenvalue weighted by molar-refractivity contribution is 5.93. The van der Waals surface area contributed by atoms with E-state index in [1.165, 1.54) is 0 Å². The Bertz CT molecular complexity index is 567. The molecule has 0 spiro atoms. The van der Waals surface area contributed by atoms with Gasteiger partial charge in [0.25, 0.3) is 11.5 Å². The van der Waals surface area contributed by atoms with Crippen molar-refractivity contribution in [3.05, 3.63) is 33.2 Å². The van der Waals surface area contributed by atoms with Gasteiger partial charge in [0.1, 0.15) is 5.56 Å². The average Bonchev–Trinajstić information content (AvgIpc) is 2.45. The van der Waals surface area contributed by atoms with Crippen molar-refractivity contribution in [1.82, 2.24) is 14.9 Å². The molecule has 20 heavy (non-hydrogen) atoms. The number of likely N-dealkylation sites (N-methyl/N-ethyl adjacent to an activating group) is 1. The molecule has 0 fully saturated rings. The monoisotopic (exact) mass is 280 g/mol. The largest absolute Gasteiger partial charge is 0.383 e. The molecule has 3 N–H and O–H groups in total. The molecular formula is C13H20N4O3. The van der Waals surface area contributed by atoms with Gasteiger partial charge in [-0.05, 0) is 18.7 Å². The van der Waals surface area contributed by atoms with Crippen molar-refractivity contribution >= 4 is 5.91 Å². The molecule has 0 radical (unpaired) electrons. The van der Waals surface area contributed by atoms with Crippen LogP contribution in [0.5, 0.6) is 0 Å². The summed E-state index contributed by atoms with van der Waals surface area (Å²) in [5, 5.41) is 0. The van der Waals surface area contributed by atoms with Gasteiger partial charge >= 0.3 is 0 Å². The lowest BCUT2D eigenvalue weighted by molar-refractivity contribution is 0.0950. The third-order valence-electron chi connectivity index (χ3n) is 3.56. The Hall–Kier alpha value is -1.70. The van der Waals surface area contributed by atoms with Gasteiger partial charge in [0, 0.05) is 38.9 Å². The van der Waals surface area contributed by atoms with Crippen LogP contribution in [0.3, 0.4) is 0 Å². The quantitative estimate of drug-likeness (QED) is 0.423. The minimum atomic E-state index is -0.558. The molecule has 0 bridgehead atoms. The van der Waals surface area contributed by atoms with E-state index in [4.69, 9.17) is 10.6 Å². The molecule has 2 heterocycles. The van der Waals surface area contributed by atoms with Crippen LogP contribution in [0.2, 0.25) is 0 Å². The summed E-state index contributed by atoms with van der Waals surface area (Å²) in [5.41, 5.74) is 3.77. The van der Waals surface area contributed by atoms with E-state index in [0.717, 1.165) is 24.2 Å². The zero-order chi connectivity index (χ0) is 14.7. The molecule has 7 nitrogen and oxygen atoms in total. The molecule has 2 rings (SSSR count). The van der Waals surface area contributed by atoms with Crippen LogP contribution in [-0.2, 0) is 24.2 Å². The van der Waals surface area contributed by atoms with E-state index in [1.54, 1.807) is 17.7 Å². The Morgan fingerprint density at radius 3 is 2.95 bits per heavy atom. The molecule has 1 aromatic rings. The molecular weight excluding hydrogens is 260 g/mol. The fourth-order valence-electron chi connectivity index (χ4n) is 2.52. The Labute approximate surface area is 117 Å². The molecule has 1 aliphatic rings. The van der Waals surface area contributed by atoms with Gasteiger partial charge in [-0.25, -0.2) is 5.84 Å². The number of fused-ring (bicyclic) bond motifs is 1. The summed E-state index contributed by atoms with van der Waals surface area (Å²) in [6.45, 7) is 2.47. The number of rotatable bonds is 4. The van der Waals surface area contributed by atoms with Crippen LogP contribution in [0.25, 0.3) is 0 Å². The average molecular weight is 280 g/mol. The number of nitrogens with two attached hydrogens (primary N) is 1. The van der Waals surface area contributed by atoms with Gasteiger partial charge in [-0.3, -0.25) is 15.0 Å². The SMILES string of the molecule is COCCn1c2c(cc(C(=O)NN)c1=O)CN(C)CC2. The number of nitrogens with one attached hydrogen (secondary N) is 1. The first kappa shape index (κ1) is 14.7. The number of pyridine rings is 1. The lowest BCUT2D eigenvalue weighted by atomic mass is 10.0. The fraction of sp³-hybridized carbons (Fsp3) is 0.538. The molecule has 7 heteroatoms. The highest BCUT2D eigenvalue weighted by atomic mass is 16.5. The number of methoxy groups -OCH3 is 1. The Kier molecular flexibility index (Phi) is 4.53. The molecule has 1 aliphatic heterocycles. The number of nitrogen functional groups attached to an aromatic ring is 1. The summed E-state index contributed by atoms with van der Waals surface area (Å²) in [6.07, 6.45) is 0.787. The predicted octanol–water partition coefficient (Wildman–Crippen LogP) is -0.914. The Morgan fingerprint density at radius 1 is 1.55 bits per heavy atom. The number of nitrogens with zero attached hydrogens (tertiary/aromatic N) is 2. The van der Waals surface area contributed by atoms with Gasteiger partial charge < -0.3 is 14.2 Å². The highest BCUT2D eigenvalue weighted by Crippen LogP contribution is 2.17. The number of carbonyl (C=O) groups is 1. The third kappa shape index (κ3) is 2.74. The second-order valence-electron chi connectivity index (χ2n) is 4.94. The predicted molar refractivity (Wildman–Crippen MR) is 74.3 cm³/mol. The standard InChI is InChI=1S/C13H20N4O3/c1-16-4-3-11-9(8-16)7-10(12(18)15-14)13(19)17(11)5-6-20-2/h7H,3-6,8,14H2,1-2H3,(H,15,18). The number of aromatic nitrogens is 1. The number of ether oxygens (including phenoxy) is 1. The van der Waals surface area contributed by atoms with Crippen molar-refractivity contribution in [2.75, 3.05) is 27.3 Å². The summed E-state index contributed by atoms with van der Waals surface area (Å²) in [5.74, 6) is 4.59. The molecule has 0 saturated carbocycles. The van der Waals surface area contributed by atoms with E-state index in [9.17, 15) is 9.59 Å². The maximum Gasteiger partial charge on any atom is 0.270 e. The number of hydrogen-bond donors (Lipinski definition) is 2. The summed E-state index contributed by atoms with van der Waals surface area (Å²) in [4.78, 5) is 26.3. The number of hydrazine groups is 1. The lowest BCUT2D eigenvalue weighted by Crippen LogP contribution is -2.40. The third-order valence-corrected chi connectivity index (χ3v) is 3.56. The Balaban J connectivity index is 2.54. The molecule has 0 atom stereocenters. The van der Waals surface area contributed by atoms with Crippen LogP contribution >= 0.6 is 0 Å². The molecule has 0 unspecified atom stereocenters. The van der Waals surface area contributed by atoms with Crippen LogP contribution in [-0.4, -0.2) is 42.7 Å². The van der Waals surface area contributed by atoms with Crippen molar-refractivity contribution in [3.63, 3.8) is 0 Å². The van der Waals surface area contributed by atoms with Crippen LogP contribution in [0, 0.1) is 0 Å². The number of amides is 1. The van der Waals surface area contributed by atoms with Crippen LogP contribution in [0.4, 0.5) is 0 Å². The zero-order valence-electron chi connectivity index (χ0n) is 11.8. The van der Waals surface area contributed by atoms with Crippen LogP contribution in [0.15, 0.2) is 10.9 Å². The molecule has 1 aromatic heterocycles. The summed E-state index contributed by atoms with van der Waals surface area (Å²) in [7, 11) is 3.60. The molecule has 0 aliphatic carbocycles. The zero-order valence-corrected chi connectivity index (χ0v) is 11.8. The van der Waals surface area contributed by atoms with Crippen LogP contribution < -0.4 is 16.8 Å². The smallest absolute Gasteiger partial charge is 0.270 e. The van der Waals surface area contributed by atoms with Crippen LogP contribution in [0.1, 0.15) is 21.6 Å². The second-order valence-corrected chi connectivity index (χ2v) is 4.94. The number of hydrogen-bond acceptors (Lipinski definition) is 5. The van der Waals surface area contributed by atoms with Crippen molar-refractivity contribution in [3.8, 4) is 0 Å². The van der Waals surface area contributed by atoms with E-state index in [0.29, 0.717) is 19.7 Å². The van der Waals surface area contributed by atoms with Gasteiger partial charge in [-0.2, -0.15) is 0 Å². The normalized spacial score (nSPS) is 14.9. The highest BCUT2D eigenvalue weighted by Gasteiger charge is 2.22. The minimum absolute atomic E-state index is 0.0812. The molecule has 110 valence electrons. The molecule has 0 saturated heterocycles. The van der Waals surface area contributed by atoms with Crippen molar-refractivity contribution in [2.24, 2.45) is 5.84 Å². The summed E-state index contributed by atoms with van der Waals surface area (Å²) < 4.78 is 6.68. The van der Waals surface area contributed by atoms with Crippen molar-refractivity contribution in [2.45, 2.75) is 19.5 Å². The van der Waals surface area contributed by atoms with Gasteiger partial charge in [0.05, 0.1) is 6.61 Å². The van der Waals surface area contributed by atoms with Gasteiger partial charge in [-0.1, -0.05) is 0 Å². The van der Waals surface area contributed by atoms with Gasteiger partial charge in [0.15, 0.2) is 0 Å². The fourth-order valence-corrected chi connectivity index (χ4v) is 2.52. The van der Waals surface area contributed by atoms with E-state index >= 15 is 0 Å². The van der Waals surface area contributed by atoms with E-state index in [-0.39, 0.29) is 11.1 Å². The first-order valence-electron chi connectivity index (χ1n) is 6.52. The van der Waals surface area contributed by atoms with E-state index in [1.807, 2.05) is 12.5 Å². The van der Waals surface area contributed by atoms with Gasteiger partial charge in [-0.15, -0.1) is 0 Å². The van der Waals surface area contributed by atoms with E-state index in [2.05, 4.69) is 4.90 Å². The first-order chi connectivity index (χ1) is 9.58. The summed E-state index contributed by atoms with van der Waals surface area (Å²) >= 11 is 0. The maximum absolute atomic E-state index is 12.4. The maximum atomic E-state index is 12.4. The number of carbonyl (C=O) groups excluding carboxylic acids is 1. The lowest BCUT2D eigenvalue weighted by Gasteiger charge is -2.28. The van der Waals surface area contributed by atoms with Crippen molar-refractivity contribution in [1.29, 1.82) is 0 Å². The topological polar surface area (TPSA) is 89.6 Å². The van der Waals surface area contributed by atoms with E-state index < -0.39 is 5.91 Å². The first-order valence-corrected chi connectivity index (χ1v) is 6.52. The summed E-state index contributed by atoms with van der Waals surface area (Å²) in [6, 6.07) is 1.65.